The highest BCUT2D eigenvalue weighted by Gasteiger charge is 2.30. The summed E-state index contributed by atoms with van der Waals surface area (Å²) >= 11 is 12.5. The number of benzene rings is 3. The van der Waals surface area contributed by atoms with E-state index in [1.807, 2.05) is 13.0 Å². The molecular formula is C27H23Cl2N5O4S. The smallest absolute Gasteiger partial charge is 0.263 e. The van der Waals surface area contributed by atoms with Gasteiger partial charge in [-0.15, -0.1) is 0 Å². The lowest BCUT2D eigenvalue weighted by Crippen LogP contribution is -2.28. The number of aromatic nitrogens is 3. The van der Waals surface area contributed by atoms with Gasteiger partial charge in [-0.2, -0.15) is 0 Å². The minimum absolute atomic E-state index is 0.00103. The zero-order valence-corrected chi connectivity index (χ0v) is 23.2. The molecule has 12 heteroatoms. The van der Waals surface area contributed by atoms with Gasteiger partial charge in [-0.1, -0.05) is 53.0 Å². The molecule has 2 aromatic heterocycles. The number of carbonyl (C=O) groups is 1. The first-order chi connectivity index (χ1) is 18.7. The summed E-state index contributed by atoms with van der Waals surface area (Å²) in [7, 11) is -2.63. The van der Waals surface area contributed by atoms with Crippen molar-refractivity contribution in [2.45, 2.75) is 11.8 Å². The predicted molar refractivity (Wildman–Crippen MR) is 153 cm³/mol. The number of methoxy groups -OCH3 is 1. The third-order valence-electron chi connectivity index (χ3n) is 6.00. The molecule has 0 atom stereocenters. The number of fused-ring (bicyclic) bond motifs is 2. The van der Waals surface area contributed by atoms with E-state index < -0.39 is 15.9 Å². The molecule has 0 bridgehead atoms. The van der Waals surface area contributed by atoms with Crippen LogP contribution in [0.25, 0.3) is 27.9 Å². The van der Waals surface area contributed by atoms with Crippen LogP contribution in [0.4, 0.5) is 5.82 Å². The standard InChI is InChI=1S/C27H23Cl2N5O4S/c1-16-7-10-18(11-8-16)39(36,37)33-25-23(27(35)30-13-14-38-2)24-26(32-22-6-4-3-5-21(22)31-24)34(25)17-9-12-19(28)20(29)15-17/h3-12,15,33H,13-14H2,1-2H3,(H,30,35). The number of sulfonamides is 1. The lowest BCUT2D eigenvalue weighted by molar-refractivity contribution is 0.0939. The van der Waals surface area contributed by atoms with Crippen molar-refractivity contribution in [3.8, 4) is 5.69 Å². The Labute approximate surface area is 234 Å². The summed E-state index contributed by atoms with van der Waals surface area (Å²) < 4.78 is 36.4. The van der Waals surface area contributed by atoms with Crippen LogP contribution in [-0.2, 0) is 14.8 Å². The first-order valence-corrected chi connectivity index (χ1v) is 14.1. The van der Waals surface area contributed by atoms with E-state index in [0.717, 1.165) is 5.56 Å². The lowest BCUT2D eigenvalue weighted by atomic mass is 10.2. The highest BCUT2D eigenvalue weighted by molar-refractivity contribution is 7.92. The molecule has 5 aromatic rings. The molecule has 3 aromatic carbocycles. The maximum atomic E-state index is 13.6. The molecule has 0 fully saturated rings. The SMILES string of the molecule is COCCNC(=O)c1c(NS(=O)(=O)c2ccc(C)cc2)n(-c2ccc(Cl)c(Cl)c2)c2nc3ccccc3nc12. The number of ether oxygens (including phenoxy) is 1. The predicted octanol–water partition coefficient (Wildman–Crippen LogP) is 5.37. The number of aryl methyl sites for hydroxylation is 1. The van der Waals surface area contributed by atoms with Crippen LogP contribution in [0.3, 0.4) is 0 Å². The number of hydrogen-bond acceptors (Lipinski definition) is 6. The van der Waals surface area contributed by atoms with Crippen molar-refractivity contribution >= 4 is 67.1 Å². The third-order valence-corrected chi connectivity index (χ3v) is 8.10. The minimum Gasteiger partial charge on any atom is -0.383 e. The van der Waals surface area contributed by atoms with Gasteiger partial charge in [0.25, 0.3) is 15.9 Å². The molecule has 0 saturated heterocycles. The van der Waals surface area contributed by atoms with E-state index in [1.165, 1.54) is 23.8 Å². The number of para-hydroxylation sites is 2. The quantitative estimate of drug-likeness (QED) is 0.237. The summed E-state index contributed by atoms with van der Waals surface area (Å²) in [6.07, 6.45) is 0. The molecule has 0 spiro atoms. The molecular weight excluding hydrogens is 561 g/mol. The molecule has 200 valence electrons. The van der Waals surface area contributed by atoms with E-state index in [2.05, 4.69) is 10.0 Å². The molecule has 2 heterocycles. The lowest BCUT2D eigenvalue weighted by Gasteiger charge is -2.15. The summed E-state index contributed by atoms with van der Waals surface area (Å²) in [5, 5.41) is 3.32. The molecule has 5 rings (SSSR count). The highest BCUT2D eigenvalue weighted by Crippen LogP contribution is 2.36. The molecule has 0 unspecified atom stereocenters. The maximum Gasteiger partial charge on any atom is 0.263 e. The van der Waals surface area contributed by atoms with Crippen LogP contribution in [0.1, 0.15) is 15.9 Å². The van der Waals surface area contributed by atoms with E-state index in [-0.39, 0.29) is 45.6 Å². The topological polar surface area (TPSA) is 115 Å². The third kappa shape index (κ3) is 5.28. The van der Waals surface area contributed by atoms with E-state index in [4.69, 9.17) is 37.9 Å². The van der Waals surface area contributed by atoms with Crippen molar-refractivity contribution < 1.29 is 17.9 Å². The number of rotatable bonds is 8. The van der Waals surface area contributed by atoms with Crippen molar-refractivity contribution in [2.24, 2.45) is 0 Å². The normalized spacial score (nSPS) is 11.7. The summed E-state index contributed by atoms with van der Waals surface area (Å²) in [5.74, 6) is -0.601. The van der Waals surface area contributed by atoms with Gasteiger partial charge in [0, 0.05) is 13.7 Å². The van der Waals surface area contributed by atoms with Crippen LogP contribution < -0.4 is 10.0 Å². The first kappa shape index (κ1) is 26.9. The van der Waals surface area contributed by atoms with Crippen LogP contribution in [0.5, 0.6) is 0 Å². The average molecular weight is 584 g/mol. The Bertz CT molecular complexity index is 1820. The Morgan fingerprint density at radius 2 is 1.67 bits per heavy atom. The largest absolute Gasteiger partial charge is 0.383 e. The molecule has 0 aliphatic rings. The van der Waals surface area contributed by atoms with Gasteiger partial charge in [0.2, 0.25) is 0 Å². The number of anilines is 1. The second-order valence-electron chi connectivity index (χ2n) is 8.71. The Morgan fingerprint density at radius 3 is 2.33 bits per heavy atom. The summed E-state index contributed by atoms with van der Waals surface area (Å²) in [6.45, 7) is 2.31. The Kier molecular flexibility index (Phi) is 7.46. The summed E-state index contributed by atoms with van der Waals surface area (Å²) in [6, 6.07) is 18.3. The zero-order chi connectivity index (χ0) is 27.7. The molecule has 0 aliphatic heterocycles. The van der Waals surface area contributed by atoms with Crippen molar-refractivity contribution in [3.05, 3.63) is 87.9 Å². The van der Waals surface area contributed by atoms with Crippen molar-refractivity contribution in [1.82, 2.24) is 19.9 Å². The Hall–Kier alpha value is -3.70. The fraction of sp³-hybridized carbons (Fsp3) is 0.148. The van der Waals surface area contributed by atoms with Crippen molar-refractivity contribution in [1.29, 1.82) is 0 Å². The summed E-state index contributed by atoms with van der Waals surface area (Å²) in [5.41, 5.74) is 2.88. The minimum atomic E-state index is -4.14. The van der Waals surface area contributed by atoms with Crippen LogP contribution in [-0.4, -0.2) is 49.1 Å². The zero-order valence-electron chi connectivity index (χ0n) is 20.9. The second kappa shape index (κ2) is 10.8. The molecule has 0 radical (unpaired) electrons. The van der Waals surface area contributed by atoms with Gasteiger partial charge in [-0.25, -0.2) is 18.4 Å². The van der Waals surface area contributed by atoms with Crippen molar-refractivity contribution in [2.75, 3.05) is 25.0 Å². The number of hydrogen-bond donors (Lipinski definition) is 2. The van der Waals surface area contributed by atoms with Crippen LogP contribution in [0.15, 0.2) is 71.6 Å². The van der Waals surface area contributed by atoms with Gasteiger partial charge >= 0.3 is 0 Å². The fourth-order valence-corrected chi connectivity index (χ4v) is 5.44. The number of nitrogens with one attached hydrogen (secondary N) is 2. The molecule has 39 heavy (non-hydrogen) atoms. The van der Waals surface area contributed by atoms with Crippen molar-refractivity contribution in [3.63, 3.8) is 0 Å². The number of nitrogens with zero attached hydrogens (tertiary/aromatic N) is 3. The molecule has 0 aliphatic carbocycles. The van der Waals surface area contributed by atoms with E-state index in [0.29, 0.717) is 21.7 Å². The van der Waals surface area contributed by atoms with Gasteiger partial charge in [0.1, 0.15) is 16.9 Å². The maximum absolute atomic E-state index is 13.6. The molecule has 1 amide bonds. The van der Waals surface area contributed by atoms with Gasteiger partial charge in [0.05, 0.1) is 38.3 Å². The Balaban J connectivity index is 1.83. The van der Waals surface area contributed by atoms with E-state index in [9.17, 15) is 13.2 Å². The fourth-order valence-electron chi connectivity index (χ4n) is 4.09. The average Bonchev–Trinajstić information content (AvgIpc) is 3.21. The Morgan fingerprint density at radius 1 is 0.974 bits per heavy atom. The first-order valence-electron chi connectivity index (χ1n) is 11.8. The van der Waals surface area contributed by atoms with E-state index in [1.54, 1.807) is 48.5 Å². The number of halogens is 2. The monoisotopic (exact) mass is 583 g/mol. The molecule has 0 saturated carbocycles. The van der Waals surface area contributed by atoms with Crippen LogP contribution >= 0.6 is 23.2 Å². The van der Waals surface area contributed by atoms with Crippen LogP contribution in [0.2, 0.25) is 10.0 Å². The second-order valence-corrected chi connectivity index (χ2v) is 11.2. The van der Waals surface area contributed by atoms with Gasteiger partial charge in [0.15, 0.2) is 5.65 Å². The van der Waals surface area contributed by atoms with Gasteiger partial charge < -0.3 is 10.1 Å². The molecule has 2 N–H and O–H groups in total. The number of amides is 1. The number of carbonyl (C=O) groups excluding carboxylic acids is 1. The van der Waals surface area contributed by atoms with Gasteiger partial charge in [-0.05, 0) is 49.4 Å². The van der Waals surface area contributed by atoms with Crippen LogP contribution in [0, 0.1) is 6.92 Å². The van der Waals surface area contributed by atoms with E-state index >= 15 is 0 Å². The highest BCUT2D eigenvalue weighted by atomic mass is 35.5. The molecule has 9 nitrogen and oxygen atoms in total. The van der Waals surface area contributed by atoms with Gasteiger partial charge in [-0.3, -0.25) is 14.1 Å². The summed E-state index contributed by atoms with van der Waals surface area (Å²) in [4.78, 5) is 23.1.